The number of carbonyl (C=O) groups is 3. The molecule has 9 heteroatoms. The summed E-state index contributed by atoms with van der Waals surface area (Å²) in [5.74, 6) is -0.964. The summed E-state index contributed by atoms with van der Waals surface area (Å²) in [6.07, 6.45) is -0.331. The van der Waals surface area contributed by atoms with Gasteiger partial charge in [-0.15, -0.1) is 0 Å². The molecular formula is C26H32FN3O5. The molecule has 188 valence electrons. The van der Waals surface area contributed by atoms with Crippen LogP contribution in [0.5, 0.6) is 5.75 Å². The molecule has 0 aliphatic carbocycles. The van der Waals surface area contributed by atoms with E-state index in [9.17, 15) is 18.8 Å². The molecule has 1 aliphatic heterocycles. The summed E-state index contributed by atoms with van der Waals surface area (Å²) in [6, 6.07) is 9.91. The van der Waals surface area contributed by atoms with E-state index in [0.29, 0.717) is 35.7 Å². The second-order valence-electron chi connectivity index (χ2n) is 8.95. The molecule has 0 fully saturated rings. The van der Waals surface area contributed by atoms with Crippen LogP contribution in [0.1, 0.15) is 41.5 Å². The van der Waals surface area contributed by atoms with Gasteiger partial charge in [0.05, 0.1) is 17.7 Å². The zero-order valence-electron chi connectivity index (χ0n) is 20.7. The fourth-order valence-electron chi connectivity index (χ4n) is 4.09. The number of carbonyl (C=O) groups excluding carboxylic acids is 3. The molecular weight excluding hydrogens is 453 g/mol. The quantitative estimate of drug-likeness (QED) is 0.720. The van der Waals surface area contributed by atoms with Crippen molar-refractivity contribution >= 4 is 23.4 Å². The summed E-state index contributed by atoms with van der Waals surface area (Å²) in [6.45, 7) is 5.96. The fourth-order valence-corrected chi connectivity index (χ4v) is 4.09. The highest BCUT2D eigenvalue weighted by atomic mass is 19.1. The van der Waals surface area contributed by atoms with Crippen molar-refractivity contribution in [1.82, 2.24) is 9.80 Å². The number of methoxy groups -OCH3 is 1. The lowest BCUT2D eigenvalue weighted by atomic mass is 10.0. The van der Waals surface area contributed by atoms with Crippen molar-refractivity contribution < 1.29 is 28.2 Å². The molecule has 0 spiro atoms. The van der Waals surface area contributed by atoms with Gasteiger partial charge in [0.15, 0.2) is 0 Å². The molecule has 8 nitrogen and oxygen atoms in total. The summed E-state index contributed by atoms with van der Waals surface area (Å²) in [7, 11) is 3.26. The zero-order chi connectivity index (χ0) is 25.7. The molecule has 3 rings (SSSR count). The van der Waals surface area contributed by atoms with E-state index >= 15 is 0 Å². The second-order valence-corrected chi connectivity index (χ2v) is 8.95. The number of nitrogens with one attached hydrogen (secondary N) is 1. The van der Waals surface area contributed by atoms with Crippen molar-refractivity contribution in [3.05, 3.63) is 59.4 Å². The van der Waals surface area contributed by atoms with Gasteiger partial charge in [0.1, 0.15) is 18.2 Å². The van der Waals surface area contributed by atoms with E-state index in [1.54, 1.807) is 42.2 Å². The van der Waals surface area contributed by atoms with Crippen LogP contribution in [0.3, 0.4) is 0 Å². The highest BCUT2D eigenvalue weighted by Crippen LogP contribution is 2.27. The minimum Gasteiger partial charge on any atom is -0.491 e. The molecule has 0 unspecified atom stereocenters. The maximum Gasteiger partial charge on any atom is 0.257 e. The minimum atomic E-state index is -0.418. The van der Waals surface area contributed by atoms with Crippen LogP contribution in [0.2, 0.25) is 0 Å². The molecule has 0 radical (unpaired) electrons. The number of hydrogen-bond acceptors (Lipinski definition) is 5. The Bertz CT molecular complexity index is 1080. The number of halogens is 1. The molecule has 1 N–H and O–H groups in total. The first kappa shape index (κ1) is 26.2. The van der Waals surface area contributed by atoms with Crippen LogP contribution in [-0.4, -0.2) is 73.5 Å². The fraction of sp³-hybridized carbons (Fsp3) is 0.423. The SMILES string of the molecule is CO[C@H]1CN(C)C(=O)c2ccc(NC(C)=O)cc2OC[C@H](C)N(C(=O)c2ccc(F)cc2)C[C@H]1C. The van der Waals surface area contributed by atoms with Crippen molar-refractivity contribution in [2.75, 3.05) is 39.2 Å². The summed E-state index contributed by atoms with van der Waals surface area (Å²) in [4.78, 5) is 41.4. The molecule has 3 atom stereocenters. The molecule has 2 aromatic rings. The molecule has 0 saturated heterocycles. The van der Waals surface area contributed by atoms with Gasteiger partial charge < -0.3 is 24.6 Å². The van der Waals surface area contributed by atoms with Crippen LogP contribution in [-0.2, 0) is 9.53 Å². The lowest BCUT2D eigenvalue weighted by molar-refractivity contribution is -0.114. The molecule has 3 amide bonds. The number of nitrogens with zero attached hydrogens (tertiary/aromatic N) is 2. The number of likely N-dealkylation sites (N-methyl/N-ethyl adjacent to an activating group) is 1. The van der Waals surface area contributed by atoms with E-state index in [0.717, 1.165) is 0 Å². The summed E-state index contributed by atoms with van der Waals surface area (Å²) >= 11 is 0. The third kappa shape index (κ3) is 6.36. The number of rotatable bonds is 3. The highest BCUT2D eigenvalue weighted by molar-refractivity contribution is 5.98. The van der Waals surface area contributed by atoms with Crippen LogP contribution in [0, 0.1) is 11.7 Å². The van der Waals surface area contributed by atoms with E-state index in [1.165, 1.54) is 31.2 Å². The normalized spacial score (nSPS) is 21.3. The number of ether oxygens (including phenoxy) is 2. The topological polar surface area (TPSA) is 88.2 Å². The number of anilines is 1. The van der Waals surface area contributed by atoms with E-state index < -0.39 is 5.82 Å². The van der Waals surface area contributed by atoms with Gasteiger partial charge in [0.2, 0.25) is 5.91 Å². The van der Waals surface area contributed by atoms with E-state index in [1.807, 2.05) is 13.8 Å². The van der Waals surface area contributed by atoms with Gasteiger partial charge in [0, 0.05) is 57.4 Å². The standard InChI is InChI=1S/C26H32FN3O5/c1-16-13-30(25(32)19-6-8-20(27)9-7-19)17(2)15-35-23-12-21(28-18(3)31)10-11-22(23)26(33)29(4)14-24(16)34-5/h6-12,16-17,24H,13-15H2,1-5H3,(H,28,31)/t16-,17+,24+/m1/s1. The third-order valence-corrected chi connectivity index (χ3v) is 6.12. The molecule has 0 saturated carbocycles. The van der Waals surface area contributed by atoms with E-state index in [-0.39, 0.29) is 42.4 Å². The molecule has 0 bridgehead atoms. The Morgan fingerprint density at radius 2 is 1.80 bits per heavy atom. The Morgan fingerprint density at radius 1 is 1.11 bits per heavy atom. The van der Waals surface area contributed by atoms with Crippen LogP contribution in [0.25, 0.3) is 0 Å². The van der Waals surface area contributed by atoms with Crippen molar-refractivity contribution in [3.8, 4) is 5.75 Å². The lowest BCUT2D eigenvalue weighted by Gasteiger charge is -2.36. The van der Waals surface area contributed by atoms with Gasteiger partial charge in [-0.25, -0.2) is 4.39 Å². The second kappa shape index (κ2) is 11.3. The van der Waals surface area contributed by atoms with Crippen molar-refractivity contribution in [2.24, 2.45) is 5.92 Å². The highest BCUT2D eigenvalue weighted by Gasteiger charge is 2.31. The monoisotopic (exact) mass is 485 g/mol. The van der Waals surface area contributed by atoms with Crippen molar-refractivity contribution in [2.45, 2.75) is 32.9 Å². The van der Waals surface area contributed by atoms with Gasteiger partial charge in [0.25, 0.3) is 11.8 Å². The maximum absolute atomic E-state index is 13.4. The van der Waals surface area contributed by atoms with Crippen LogP contribution in [0.4, 0.5) is 10.1 Å². The van der Waals surface area contributed by atoms with E-state index in [4.69, 9.17) is 9.47 Å². The van der Waals surface area contributed by atoms with Gasteiger partial charge in [-0.05, 0) is 43.3 Å². The summed E-state index contributed by atoms with van der Waals surface area (Å²) in [5.41, 5.74) is 1.20. The van der Waals surface area contributed by atoms with Crippen LogP contribution >= 0.6 is 0 Å². The number of amides is 3. The van der Waals surface area contributed by atoms with Crippen LogP contribution < -0.4 is 10.1 Å². The largest absolute Gasteiger partial charge is 0.491 e. The summed E-state index contributed by atoms with van der Waals surface area (Å²) < 4.78 is 25.2. The average Bonchev–Trinajstić information content (AvgIpc) is 2.82. The Hall–Kier alpha value is -3.46. The lowest BCUT2D eigenvalue weighted by Crippen LogP contribution is -2.48. The first-order chi connectivity index (χ1) is 16.6. The smallest absolute Gasteiger partial charge is 0.257 e. The maximum atomic E-state index is 13.4. The van der Waals surface area contributed by atoms with Gasteiger partial charge in [-0.3, -0.25) is 14.4 Å². The average molecular weight is 486 g/mol. The van der Waals surface area contributed by atoms with E-state index in [2.05, 4.69) is 5.32 Å². The first-order valence-corrected chi connectivity index (χ1v) is 11.5. The summed E-state index contributed by atoms with van der Waals surface area (Å²) in [5, 5.41) is 2.69. The Balaban J connectivity index is 2.00. The van der Waals surface area contributed by atoms with Gasteiger partial charge in [-0.2, -0.15) is 0 Å². The first-order valence-electron chi connectivity index (χ1n) is 11.5. The Morgan fingerprint density at radius 3 is 2.43 bits per heavy atom. The predicted octanol–water partition coefficient (Wildman–Crippen LogP) is 3.43. The van der Waals surface area contributed by atoms with Crippen molar-refractivity contribution in [1.29, 1.82) is 0 Å². The van der Waals surface area contributed by atoms with Gasteiger partial charge >= 0.3 is 0 Å². The molecule has 1 heterocycles. The Kier molecular flexibility index (Phi) is 8.45. The van der Waals surface area contributed by atoms with Gasteiger partial charge in [-0.1, -0.05) is 6.92 Å². The number of fused-ring (bicyclic) bond motifs is 1. The predicted molar refractivity (Wildman–Crippen MR) is 130 cm³/mol. The number of benzene rings is 2. The molecule has 1 aliphatic rings. The van der Waals surface area contributed by atoms with Crippen LogP contribution in [0.15, 0.2) is 42.5 Å². The van der Waals surface area contributed by atoms with Crippen molar-refractivity contribution in [3.63, 3.8) is 0 Å². The zero-order valence-corrected chi connectivity index (χ0v) is 20.7. The third-order valence-electron chi connectivity index (χ3n) is 6.12. The molecule has 2 aromatic carbocycles. The Labute approximate surface area is 205 Å². The molecule has 0 aromatic heterocycles. The molecule has 35 heavy (non-hydrogen) atoms. The minimum absolute atomic E-state index is 0.102. The number of hydrogen-bond donors (Lipinski definition) is 1.